The number of nitrogens with one attached hydrogen (secondary N) is 1. The molecule has 44 heavy (non-hydrogen) atoms. The van der Waals surface area contributed by atoms with Crippen LogP contribution in [-0.2, 0) is 19.7 Å². The van der Waals surface area contributed by atoms with E-state index in [0.717, 1.165) is 48.7 Å². The van der Waals surface area contributed by atoms with E-state index in [9.17, 15) is 4.79 Å². The molecule has 0 aliphatic heterocycles. The number of carbonyl (C=O) groups excluding carboxylic acids is 1. The molecule has 0 atom stereocenters. The van der Waals surface area contributed by atoms with Gasteiger partial charge < -0.3 is 10.1 Å². The van der Waals surface area contributed by atoms with Crippen molar-refractivity contribution in [2.45, 2.75) is 51.8 Å². The molecule has 5 aromatic rings. The lowest BCUT2D eigenvalue weighted by molar-refractivity contribution is 0.0948. The van der Waals surface area contributed by atoms with Gasteiger partial charge in [-0.05, 0) is 53.8 Å². The van der Waals surface area contributed by atoms with E-state index in [-0.39, 0.29) is 11.8 Å². The van der Waals surface area contributed by atoms with Crippen molar-refractivity contribution >= 4 is 17.2 Å². The Morgan fingerprint density at radius 1 is 0.818 bits per heavy atom. The second-order valence-corrected chi connectivity index (χ2v) is 12.0. The number of nitrogens with zero attached hydrogens (tertiary/aromatic N) is 2. The van der Waals surface area contributed by atoms with Crippen LogP contribution in [0.3, 0.4) is 0 Å². The smallest absolute Gasteiger partial charge is 0.270 e. The predicted octanol–water partition coefficient (Wildman–Crippen LogP) is 8.48. The van der Waals surface area contributed by atoms with E-state index in [0.29, 0.717) is 25.4 Å². The van der Waals surface area contributed by atoms with Crippen LogP contribution in [0.2, 0.25) is 0 Å². The highest BCUT2D eigenvalue weighted by Gasteiger charge is 2.18. The summed E-state index contributed by atoms with van der Waals surface area (Å²) in [5.41, 5.74) is 5.50. The number of amides is 1. The molecule has 0 spiro atoms. The van der Waals surface area contributed by atoms with Crippen molar-refractivity contribution in [3.05, 3.63) is 154 Å². The van der Waals surface area contributed by atoms with Crippen LogP contribution in [0.1, 0.15) is 69.9 Å². The lowest BCUT2D eigenvalue weighted by atomic mass is 9.88. The van der Waals surface area contributed by atoms with E-state index in [1.54, 1.807) is 11.3 Å². The van der Waals surface area contributed by atoms with Crippen LogP contribution < -0.4 is 10.1 Å². The first kappa shape index (κ1) is 31.2. The van der Waals surface area contributed by atoms with Crippen LogP contribution >= 0.6 is 11.3 Å². The lowest BCUT2D eigenvalue weighted by Gasteiger charge is -2.25. The zero-order chi connectivity index (χ0) is 30.4. The van der Waals surface area contributed by atoms with Gasteiger partial charge in [-0.1, -0.05) is 116 Å². The minimum atomic E-state index is -0.0909. The molecule has 0 bridgehead atoms. The van der Waals surface area contributed by atoms with Gasteiger partial charge in [0, 0.05) is 24.4 Å². The zero-order valence-electron chi connectivity index (χ0n) is 25.4. The summed E-state index contributed by atoms with van der Waals surface area (Å²) in [5.74, 6) is 1.05. The van der Waals surface area contributed by atoms with Crippen molar-refractivity contribution in [2.24, 2.45) is 0 Å². The second kappa shape index (κ2) is 16.6. The number of hydrogen-bond donors (Lipinski definition) is 1. The highest BCUT2D eigenvalue weighted by Crippen LogP contribution is 2.29. The summed E-state index contributed by atoms with van der Waals surface area (Å²) in [6.45, 7) is 5.67. The number of carbonyl (C=O) groups is 1. The van der Waals surface area contributed by atoms with Gasteiger partial charge in [0.25, 0.3) is 5.91 Å². The molecule has 5 nitrogen and oxygen atoms in total. The Bertz CT molecular complexity index is 1500. The normalized spacial score (nSPS) is 11.2. The Labute approximate surface area is 265 Å². The Morgan fingerprint density at radius 3 is 2.09 bits per heavy atom. The second-order valence-electron chi connectivity index (χ2n) is 11.0. The van der Waals surface area contributed by atoms with E-state index in [2.05, 4.69) is 114 Å². The number of unbranched alkanes of at least 4 members (excludes halogenated alkanes) is 1. The molecule has 1 N–H and O–H groups in total. The number of rotatable bonds is 16. The summed E-state index contributed by atoms with van der Waals surface area (Å²) in [6, 6.07) is 40.1. The first-order valence-corrected chi connectivity index (χ1v) is 16.4. The number of aromatic nitrogens is 1. The molecule has 4 aromatic carbocycles. The van der Waals surface area contributed by atoms with E-state index in [4.69, 9.17) is 9.72 Å². The molecule has 5 rings (SSSR count). The molecule has 0 saturated carbocycles. The van der Waals surface area contributed by atoms with Crippen molar-refractivity contribution in [1.29, 1.82) is 0 Å². The van der Waals surface area contributed by atoms with Crippen molar-refractivity contribution in [3.8, 4) is 5.75 Å². The monoisotopic (exact) mass is 603 g/mol. The molecule has 6 heteroatoms. The van der Waals surface area contributed by atoms with Crippen LogP contribution in [0.4, 0.5) is 0 Å². The maximum absolute atomic E-state index is 12.6. The minimum absolute atomic E-state index is 0.0909. The summed E-state index contributed by atoms with van der Waals surface area (Å²) < 4.78 is 6.03. The highest BCUT2D eigenvalue weighted by atomic mass is 32.1. The van der Waals surface area contributed by atoms with Gasteiger partial charge in [-0.3, -0.25) is 9.69 Å². The fourth-order valence-electron chi connectivity index (χ4n) is 5.26. The lowest BCUT2D eigenvalue weighted by Crippen LogP contribution is -2.26. The number of benzene rings is 4. The molecule has 226 valence electrons. The molecule has 1 amide bonds. The van der Waals surface area contributed by atoms with Gasteiger partial charge in [-0.25, -0.2) is 4.98 Å². The Hall–Kier alpha value is -4.26. The Kier molecular flexibility index (Phi) is 11.7. The molecule has 1 aromatic heterocycles. The first-order chi connectivity index (χ1) is 21.7. The fraction of sp³-hybridized carbons (Fsp3) is 0.263. The molecule has 0 aliphatic rings. The standard InChI is InChI=1S/C38H41N3O2S/c1-2-3-24-39-38(42)36-29-44-37(40-36)27-41(25-23-35(32-15-9-5-10-16-32)33-17-11-6-12-18-33)26-30-19-21-34(22-20-30)43-28-31-13-7-4-8-14-31/h4-22,29,35H,2-3,23-28H2,1H3,(H,39,42). The topological polar surface area (TPSA) is 54.5 Å². The highest BCUT2D eigenvalue weighted by molar-refractivity contribution is 7.09. The SMILES string of the molecule is CCCCNC(=O)c1csc(CN(CCC(c2ccccc2)c2ccccc2)Cc2ccc(OCc3ccccc3)cc2)n1. The maximum Gasteiger partial charge on any atom is 0.270 e. The van der Waals surface area contributed by atoms with Gasteiger partial charge >= 0.3 is 0 Å². The van der Waals surface area contributed by atoms with Crippen LogP contribution in [-0.4, -0.2) is 28.9 Å². The zero-order valence-corrected chi connectivity index (χ0v) is 26.2. The van der Waals surface area contributed by atoms with Gasteiger partial charge in [0.2, 0.25) is 0 Å². The molecular formula is C38H41N3O2S. The summed E-state index contributed by atoms with van der Waals surface area (Å²) in [4.78, 5) is 19.8. The quantitative estimate of drug-likeness (QED) is 0.115. The molecule has 0 fully saturated rings. The van der Waals surface area contributed by atoms with E-state index in [1.807, 2.05) is 23.6 Å². The van der Waals surface area contributed by atoms with Gasteiger partial charge in [0.15, 0.2) is 0 Å². The summed E-state index contributed by atoms with van der Waals surface area (Å²) >= 11 is 1.56. The van der Waals surface area contributed by atoms with Crippen molar-refractivity contribution < 1.29 is 9.53 Å². The maximum atomic E-state index is 12.6. The third kappa shape index (κ3) is 9.37. The van der Waals surface area contributed by atoms with Crippen molar-refractivity contribution in [2.75, 3.05) is 13.1 Å². The molecule has 0 aliphatic carbocycles. The van der Waals surface area contributed by atoms with Crippen LogP contribution in [0, 0.1) is 0 Å². The summed E-state index contributed by atoms with van der Waals surface area (Å²) in [5, 5.41) is 5.82. The average molecular weight is 604 g/mol. The van der Waals surface area contributed by atoms with Crippen LogP contribution in [0.5, 0.6) is 5.75 Å². The van der Waals surface area contributed by atoms with Gasteiger partial charge in [-0.2, -0.15) is 0 Å². The first-order valence-electron chi connectivity index (χ1n) is 15.5. The molecule has 0 unspecified atom stereocenters. The van der Waals surface area contributed by atoms with Crippen LogP contribution in [0.15, 0.2) is 121 Å². The van der Waals surface area contributed by atoms with E-state index >= 15 is 0 Å². The summed E-state index contributed by atoms with van der Waals surface area (Å²) in [6.07, 6.45) is 2.98. The van der Waals surface area contributed by atoms with Crippen LogP contribution in [0.25, 0.3) is 0 Å². The third-order valence-corrected chi connectivity index (χ3v) is 8.51. The predicted molar refractivity (Wildman–Crippen MR) is 180 cm³/mol. The minimum Gasteiger partial charge on any atom is -0.489 e. The Morgan fingerprint density at radius 2 is 1.45 bits per heavy atom. The van der Waals surface area contributed by atoms with Crippen molar-refractivity contribution in [3.63, 3.8) is 0 Å². The Balaban J connectivity index is 1.30. The van der Waals surface area contributed by atoms with Gasteiger partial charge in [0.1, 0.15) is 23.1 Å². The molecule has 1 heterocycles. The number of hydrogen-bond acceptors (Lipinski definition) is 5. The molecule has 0 radical (unpaired) electrons. The van der Waals surface area contributed by atoms with Crippen molar-refractivity contribution in [1.82, 2.24) is 15.2 Å². The van der Waals surface area contributed by atoms with Gasteiger partial charge in [0.05, 0.1) is 6.54 Å². The average Bonchev–Trinajstić information content (AvgIpc) is 3.55. The molecule has 0 saturated heterocycles. The van der Waals surface area contributed by atoms with Gasteiger partial charge in [-0.15, -0.1) is 11.3 Å². The van der Waals surface area contributed by atoms with E-state index < -0.39 is 0 Å². The molecular weight excluding hydrogens is 563 g/mol. The fourth-order valence-corrected chi connectivity index (χ4v) is 6.08. The largest absolute Gasteiger partial charge is 0.489 e. The number of ether oxygens (including phenoxy) is 1. The third-order valence-electron chi connectivity index (χ3n) is 7.67. The number of thiazole rings is 1. The van der Waals surface area contributed by atoms with E-state index in [1.165, 1.54) is 16.7 Å². The summed E-state index contributed by atoms with van der Waals surface area (Å²) in [7, 11) is 0.